The molecule has 0 amide bonds. The van der Waals surface area contributed by atoms with Crippen molar-refractivity contribution in [2.75, 3.05) is 7.11 Å². The minimum atomic E-state index is 0.930. The maximum absolute atomic E-state index is 5.28. The number of hydrogen-bond acceptors (Lipinski definition) is 1. The zero-order chi connectivity index (χ0) is 13.2. The smallest absolute Gasteiger partial charge is 0.119 e. The van der Waals surface area contributed by atoms with E-state index in [0.717, 1.165) is 12.2 Å². The van der Waals surface area contributed by atoms with E-state index in [1.807, 2.05) is 12.1 Å². The zero-order valence-corrected chi connectivity index (χ0v) is 11.7. The van der Waals surface area contributed by atoms with Gasteiger partial charge in [-0.1, -0.05) is 45.3 Å². The second-order valence-electron chi connectivity index (χ2n) is 4.58. The van der Waals surface area contributed by atoms with Gasteiger partial charge in [0.05, 0.1) is 7.11 Å². The molecule has 0 bridgehead atoms. The van der Waals surface area contributed by atoms with E-state index in [1.54, 1.807) is 7.11 Å². The number of unbranched alkanes of at least 4 members (excludes halogenated alkanes) is 4. The van der Waals surface area contributed by atoms with Gasteiger partial charge in [-0.05, 0) is 42.2 Å². The van der Waals surface area contributed by atoms with Gasteiger partial charge in [-0.15, -0.1) is 5.73 Å². The number of methoxy groups -OCH3 is 1. The Labute approximate surface area is 111 Å². The number of aryl methyl sites for hydroxylation is 1. The molecule has 0 fully saturated rings. The van der Waals surface area contributed by atoms with Crippen LogP contribution < -0.4 is 4.74 Å². The SMILES string of the molecule is C=C=Cc1ccc(OC)cc1CCCCCCC. The molecule has 18 heavy (non-hydrogen) atoms. The van der Waals surface area contributed by atoms with Crippen LogP contribution in [0.5, 0.6) is 5.75 Å². The highest BCUT2D eigenvalue weighted by Crippen LogP contribution is 2.21. The minimum Gasteiger partial charge on any atom is -0.497 e. The Kier molecular flexibility index (Phi) is 6.98. The molecule has 0 saturated carbocycles. The van der Waals surface area contributed by atoms with Crippen LogP contribution in [0.25, 0.3) is 6.08 Å². The van der Waals surface area contributed by atoms with Crippen molar-refractivity contribution in [2.45, 2.75) is 45.4 Å². The molecule has 1 rings (SSSR count). The van der Waals surface area contributed by atoms with Crippen LogP contribution in [0.4, 0.5) is 0 Å². The molecule has 0 N–H and O–H groups in total. The number of benzene rings is 1. The summed E-state index contributed by atoms with van der Waals surface area (Å²) in [7, 11) is 1.71. The van der Waals surface area contributed by atoms with Gasteiger partial charge >= 0.3 is 0 Å². The van der Waals surface area contributed by atoms with Crippen molar-refractivity contribution in [3.8, 4) is 5.75 Å². The molecule has 1 aromatic rings. The first kappa shape index (κ1) is 14.6. The first-order valence-corrected chi connectivity index (χ1v) is 6.84. The third-order valence-corrected chi connectivity index (χ3v) is 3.16. The number of rotatable bonds is 8. The van der Waals surface area contributed by atoms with Gasteiger partial charge in [0.2, 0.25) is 0 Å². The van der Waals surface area contributed by atoms with E-state index in [2.05, 4.69) is 31.4 Å². The molecule has 0 atom stereocenters. The van der Waals surface area contributed by atoms with Gasteiger partial charge in [0.15, 0.2) is 0 Å². The molecule has 0 aliphatic rings. The lowest BCUT2D eigenvalue weighted by molar-refractivity contribution is 0.414. The second-order valence-corrected chi connectivity index (χ2v) is 4.58. The molecule has 1 aromatic carbocycles. The highest BCUT2D eigenvalue weighted by molar-refractivity contribution is 5.55. The van der Waals surface area contributed by atoms with Crippen molar-refractivity contribution in [1.82, 2.24) is 0 Å². The lowest BCUT2D eigenvalue weighted by Crippen LogP contribution is -1.92. The quantitative estimate of drug-likeness (QED) is 0.461. The molecule has 0 aliphatic heterocycles. The standard InChI is InChI=1S/C17H24O/c1-4-6-7-8-9-11-16-14-17(18-3)13-12-15(16)10-5-2/h10,12-14H,2,4,6-9,11H2,1,3H3. The Morgan fingerprint density at radius 2 is 2.00 bits per heavy atom. The van der Waals surface area contributed by atoms with E-state index in [9.17, 15) is 0 Å². The predicted molar refractivity (Wildman–Crippen MR) is 79.1 cm³/mol. The van der Waals surface area contributed by atoms with Gasteiger partial charge in [-0.25, -0.2) is 0 Å². The Bertz CT molecular complexity index is 400. The van der Waals surface area contributed by atoms with Crippen LogP contribution in [0.15, 0.2) is 30.5 Å². The molecule has 0 heterocycles. The Morgan fingerprint density at radius 3 is 2.67 bits per heavy atom. The highest BCUT2D eigenvalue weighted by Gasteiger charge is 2.02. The zero-order valence-electron chi connectivity index (χ0n) is 11.7. The average Bonchev–Trinajstić information content (AvgIpc) is 2.40. The molecule has 0 saturated heterocycles. The van der Waals surface area contributed by atoms with Crippen LogP contribution in [0.3, 0.4) is 0 Å². The van der Waals surface area contributed by atoms with Gasteiger partial charge in [-0.3, -0.25) is 0 Å². The normalized spacial score (nSPS) is 9.89. The van der Waals surface area contributed by atoms with Gasteiger partial charge in [-0.2, -0.15) is 0 Å². The molecule has 0 radical (unpaired) electrons. The topological polar surface area (TPSA) is 9.23 Å². The van der Waals surface area contributed by atoms with Crippen LogP contribution in [0, 0.1) is 0 Å². The summed E-state index contributed by atoms with van der Waals surface area (Å²) >= 11 is 0. The number of ether oxygens (including phenoxy) is 1. The summed E-state index contributed by atoms with van der Waals surface area (Å²) in [5.41, 5.74) is 5.40. The molecule has 0 unspecified atom stereocenters. The van der Waals surface area contributed by atoms with Crippen LogP contribution in [-0.4, -0.2) is 7.11 Å². The van der Waals surface area contributed by atoms with Crippen LogP contribution in [0.2, 0.25) is 0 Å². The van der Waals surface area contributed by atoms with E-state index in [4.69, 9.17) is 4.74 Å². The molecule has 0 aliphatic carbocycles. The van der Waals surface area contributed by atoms with Crippen molar-refractivity contribution < 1.29 is 4.74 Å². The Hall–Kier alpha value is -1.46. The fourth-order valence-corrected chi connectivity index (χ4v) is 2.10. The summed E-state index contributed by atoms with van der Waals surface area (Å²) in [6, 6.07) is 6.20. The van der Waals surface area contributed by atoms with E-state index >= 15 is 0 Å². The third-order valence-electron chi connectivity index (χ3n) is 3.16. The predicted octanol–water partition coefficient (Wildman–Crippen LogP) is 5.01. The number of hydrogen-bond donors (Lipinski definition) is 0. The maximum atomic E-state index is 5.28. The van der Waals surface area contributed by atoms with Gasteiger partial charge < -0.3 is 4.74 Å². The summed E-state index contributed by atoms with van der Waals surface area (Å²) in [5.74, 6) is 0.930. The van der Waals surface area contributed by atoms with E-state index in [-0.39, 0.29) is 0 Å². The third kappa shape index (κ3) is 4.81. The van der Waals surface area contributed by atoms with Crippen LogP contribution in [0.1, 0.15) is 50.2 Å². The van der Waals surface area contributed by atoms with Crippen molar-refractivity contribution >= 4 is 6.08 Å². The fraction of sp³-hybridized carbons (Fsp3) is 0.471. The van der Waals surface area contributed by atoms with Crippen molar-refractivity contribution in [3.05, 3.63) is 41.6 Å². The molecular weight excluding hydrogens is 220 g/mol. The first-order chi connectivity index (χ1) is 8.81. The fourth-order valence-electron chi connectivity index (χ4n) is 2.10. The van der Waals surface area contributed by atoms with Gasteiger partial charge in [0, 0.05) is 0 Å². The van der Waals surface area contributed by atoms with E-state index in [1.165, 1.54) is 43.2 Å². The molecule has 1 nitrogen and oxygen atoms in total. The highest BCUT2D eigenvalue weighted by atomic mass is 16.5. The van der Waals surface area contributed by atoms with Gasteiger partial charge in [0.1, 0.15) is 5.75 Å². The van der Waals surface area contributed by atoms with Crippen LogP contribution in [-0.2, 0) is 6.42 Å². The Balaban J connectivity index is 2.62. The van der Waals surface area contributed by atoms with Crippen LogP contribution >= 0.6 is 0 Å². The lowest BCUT2D eigenvalue weighted by Gasteiger charge is -2.08. The summed E-state index contributed by atoms with van der Waals surface area (Å²) < 4.78 is 5.28. The first-order valence-electron chi connectivity index (χ1n) is 6.84. The summed E-state index contributed by atoms with van der Waals surface area (Å²) in [6.07, 6.45) is 9.58. The molecule has 1 heteroatoms. The average molecular weight is 244 g/mol. The summed E-state index contributed by atoms with van der Waals surface area (Å²) in [6.45, 7) is 5.89. The lowest BCUT2D eigenvalue weighted by atomic mass is 10.00. The summed E-state index contributed by atoms with van der Waals surface area (Å²) in [5, 5.41) is 0. The monoisotopic (exact) mass is 244 g/mol. The van der Waals surface area contributed by atoms with Crippen molar-refractivity contribution in [1.29, 1.82) is 0 Å². The second kappa shape index (κ2) is 8.60. The maximum Gasteiger partial charge on any atom is 0.119 e. The minimum absolute atomic E-state index is 0.930. The summed E-state index contributed by atoms with van der Waals surface area (Å²) in [4.78, 5) is 0. The van der Waals surface area contributed by atoms with Crippen molar-refractivity contribution in [2.24, 2.45) is 0 Å². The molecule has 0 spiro atoms. The Morgan fingerprint density at radius 1 is 1.22 bits per heavy atom. The van der Waals surface area contributed by atoms with E-state index in [0.29, 0.717) is 0 Å². The molecule has 98 valence electrons. The largest absolute Gasteiger partial charge is 0.497 e. The molecular formula is C17H24O. The van der Waals surface area contributed by atoms with E-state index < -0.39 is 0 Å². The van der Waals surface area contributed by atoms with Crippen molar-refractivity contribution in [3.63, 3.8) is 0 Å². The van der Waals surface area contributed by atoms with Gasteiger partial charge in [0.25, 0.3) is 0 Å². The molecule has 0 aromatic heterocycles.